The van der Waals surface area contributed by atoms with Crippen LogP contribution in [0.15, 0.2) is 48.5 Å². The SMILES string of the molecule is CN1CCN(C(=O)[C@H](CCCCC[C@H]2C[C@@H]2c2ccc(F)cc2)NC(=O)c2ccc(C(F)(F)F)cc2)CC1. The first-order valence-corrected chi connectivity index (χ1v) is 13.3. The first-order valence-electron chi connectivity index (χ1n) is 13.3. The number of halogens is 4. The summed E-state index contributed by atoms with van der Waals surface area (Å²) in [6, 6.07) is 10.0. The van der Waals surface area contributed by atoms with Gasteiger partial charge in [-0.05, 0) is 80.1 Å². The lowest BCUT2D eigenvalue weighted by molar-refractivity contribution is -0.137. The van der Waals surface area contributed by atoms with Gasteiger partial charge in [-0.2, -0.15) is 13.2 Å². The Kier molecular flexibility index (Phi) is 9.07. The molecule has 1 saturated carbocycles. The van der Waals surface area contributed by atoms with Crippen LogP contribution in [0.25, 0.3) is 0 Å². The molecule has 0 radical (unpaired) electrons. The van der Waals surface area contributed by atoms with Gasteiger partial charge in [0, 0.05) is 31.7 Å². The molecule has 1 aliphatic carbocycles. The van der Waals surface area contributed by atoms with Gasteiger partial charge in [-0.1, -0.05) is 31.4 Å². The largest absolute Gasteiger partial charge is 0.416 e. The number of rotatable bonds is 10. The molecule has 0 bridgehead atoms. The van der Waals surface area contributed by atoms with E-state index >= 15 is 0 Å². The number of hydrogen-bond donors (Lipinski definition) is 1. The third-order valence-electron chi connectivity index (χ3n) is 7.68. The lowest BCUT2D eigenvalue weighted by Gasteiger charge is -2.34. The molecule has 3 atom stereocenters. The van der Waals surface area contributed by atoms with E-state index in [4.69, 9.17) is 0 Å². The third-order valence-corrected chi connectivity index (χ3v) is 7.68. The highest BCUT2D eigenvalue weighted by Gasteiger charge is 2.37. The number of likely N-dealkylation sites (N-methyl/N-ethyl adjacent to an activating group) is 1. The molecule has 0 spiro atoms. The third kappa shape index (κ3) is 7.56. The van der Waals surface area contributed by atoms with Crippen molar-refractivity contribution in [2.24, 2.45) is 5.92 Å². The summed E-state index contributed by atoms with van der Waals surface area (Å²) in [6.45, 7) is 2.66. The summed E-state index contributed by atoms with van der Waals surface area (Å²) < 4.78 is 51.8. The minimum Gasteiger partial charge on any atom is -0.340 e. The number of unbranched alkanes of at least 4 members (excludes halogenated alkanes) is 2. The van der Waals surface area contributed by atoms with E-state index < -0.39 is 23.7 Å². The van der Waals surface area contributed by atoms with Gasteiger partial charge in [0.15, 0.2) is 0 Å². The highest BCUT2D eigenvalue weighted by atomic mass is 19.4. The monoisotopic (exact) mass is 533 g/mol. The van der Waals surface area contributed by atoms with Crippen molar-refractivity contribution in [2.75, 3.05) is 33.2 Å². The van der Waals surface area contributed by atoms with Crippen molar-refractivity contribution in [3.8, 4) is 0 Å². The maximum atomic E-state index is 13.3. The maximum absolute atomic E-state index is 13.3. The van der Waals surface area contributed by atoms with E-state index in [1.165, 1.54) is 17.7 Å². The van der Waals surface area contributed by atoms with Crippen LogP contribution in [-0.2, 0) is 11.0 Å². The van der Waals surface area contributed by atoms with Crippen LogP contribution in [0.3, 0.4) is 0 Å². The zero-order valence-electron chi connectivity index (χ0n) is 21.6. The van der Waals surface area contributed by atoms with Crippen molar-refractivity contribution >= 4 is 11.8 Å². The van der Waals surface area contributed by atoms with E-state index in [1.807, 2.05) is 19.2 Å². The van der Waals surface area contributed by atoms with E-state index in [2.05, 4.69) is 10.2 Å². The predicted molar refractivity (Wildman–Crippen MR) is 137 cm³/mol. The number of amides is 2. The van der Waals surface area contributed by atoms with Crippen LogP contribution in [-0.4, -0.2) is 60.9 Å². The Balaban J connectivity index is 1.29. The van der Waals surface area contributed by atoms with Gasteiger partial charge in [0.2, 0.25) is 5.91 Å². The van der Waals surface area contributed by atoms with Crippen LogP contribution < -0.4 is 5.32 Å². The van der Waals surface area contributed by atoms with E-state index in [9.17, 15) is 27.2 Å². The molecule has 0 unspecified atom stereocenters. The summed E-state index contributed by atoms with van der Waals surface area (Å²) in [5.74, 6) is 0.174. The lowest BCUT2D eigenvalue weighted by Crippen LogP contribution is -2.54. The molecular weight excluding hydrogens is 498 g/mol. The van der Waals surface area contributed by atoms with E-state index in [0.717, 1.165) is 69.5 Å². The fourth-order valence-electron chi connectivity index (χ4n) is 5.17. The molecule has 2 aromatic carbocycles. The zero-order chi connectivity index (χ0) is 27.3. The molecule has 2 aromatic rings. The maximum Gasteiger partial charge on any atom is 0.416 e. The number of benzene rings is 2. The molecule has 4 rings (SSSR count). The Morgan fingerprint density at radius 3 is 2.24 bits per heavy atom. The Morgan fingerprint density at radius 1 is 0.947 bits per heavy atom. The molecule has 2 amide bonds. The van der Waals surface area contributed by atoms with Crippen molar-refractivity contribution in [2.45, 2.75) is 56.7 Å². The van der Waals surface area contributed by atoms with Gasteiger partial charge in [-0.3, -0.25) is 9.59 Å². The highest BCUT2D eigenvalue weighted by Crippen LogP contribution is 2.50. The van der Waals surface area contributed by atoms with Crippen molar-refractivity contribution in [3.05, 3.63) is 71.0 Å². The summed E-state index contributed by atoms with van der Waals surface area (Å²) in [5, 5.41) is 2.79. The van der Waals surface area contributed by atoms with Gasteiger partial charge in [-0.15, -0.1) is 0 Å². The minimum atomic E-state index is -4.48. The summed E-state index contributed by atoms with van der Waals surface area (Å²) >= 11 is 0. The number of alkyl halides is 3. The number of hydrogen-bond acceptors (Lipinski definition) is 3. The van der Waals surface area contributed by atoms with Crippen molar-refractivity contribution in [1.29, 1.82) is 0 Å². The fourth-order valence-corrected chi connectivity index (χ4v) is 5.17. The first kappa shape index (κ1) is 28.1. The van der Waals surface area contributed by atoms with Crippen LogP contribution in [0.1, 0.15) is 65.9 Å². The molecule has 2 fully saturated rings. The molecule has 1 saturated heterocycles. The number of carbonyl (C=O) groups is 2. The number of carbonyl (C=O) groups excluding carboxylic acids is 2. The molecule has 206 valence electrons. The van der Waals surface area contributed by atoms with Crippen LogP contribution in [0.2, 0.25) is 0 Å². The van der Waals surface area contributed by atoms with Crippen molar-refractivity contribution < 1.29 is 27.2 Å². The Morgan fingerprint density at radius 2 is 1.61 bits per heavy atom. The second-order valence-electron chi connectivity index (χ2n) is 10.5. The highest BCUT2D eigenvalue weighted by molar-refractivity contribution is 5.97. The topological polar surface area (TPSA) is 52.6 Å². The normalized spacial score (nSPS) is 20.7. The number of piperazine rings is 1. The van der Waals surface area contributed by atoms with Crippen LogP contribution in [0.4, 0.5) is 17.6 Å². The molecule has 0 aromatic heterocycles. The molecule has 1 N–H and O–H groups in total. The summed E-state index contributed by atoms with van der Waals surface area (Å²) in [7, 11) is 1.99. The van der Waals surface area contributed by atoms with E-state index in [1.54, 1.807) is 4.90 Å². The average molecular weight is 534 g/mol. The Hall–Kier alpha value is -2.94. The predicted octanol–water partition coefficient (Wildman–Crippen LogP) is 5.47. The van der Waals surface area contributed by atoms with Crippen molar-refractivity contribution in [1.82, 2.24) is 15.1 Å². The summed E-state index contributed by atoms with van der Waals surface area (Å²) in [5.41, 5.74) is 0.450. The van der Waals surface area contributed by atoms with E-state index in [0.29, 0.717) is 31.3 Å². The fraction of sp³-hybridized carbons (Fsp3) is 0.517. The second-order valence-corrected chi connectivity index (χ2v) is 10.5. The molecule has 5 nitrogen and oxygen atoms in total. The molecule has 1 heterocycles. The van der Waals surface area contributed by atoms with Crippen LogP contribution in [0.5, 0.6) is 0 Å². The van der Waals surface area contributed by atoms with Gasteiger partial charge in [0.1, 0.15) is 11.9 Å². The Labute approximate surface area is 221 Å². The van der Waals surface area contributed by atoms with Gasteiger partial charge in [0.25, 0.3) is 5.91 Å². The van der Waals surface area contributed by atoms with Gasteiger partial charge >= 0.3 is 6.18 Å². The molecule has 9 heteroatoms. The number of nitrogens with zero attached hydrogens (tertiary/aromatic N) is 2. The second kappa shape index (κ2) is 12.3. The Bertz CT molecular complexity index is 1080. The average Bonchev–Trinajstić information content (AvgIpc) is 3.67. The lowest BCUT2D eigenvalue weighted by atomic mass is 10.0. The molecular formula is C29H35F4N3O2. The first-order chi connectivity index (χ1) is 18.1. The number of nitrogens with one attached hydrogen (secondary N) is 1. The minimum absolute atomic E-state index is 0.0924. The molecule has 2 aliphatic rings. The standard InChI is InChI=1S/C29H35F4N3O2/c1-35-15-17-36(18-16-35)28(38)26(34-27(37)21-7-11-23(12-8-21)29(31,32)33)6-4-2-3-5-22-19-25(22)20-9-13-24(30)14-10-20/h7-14,22,25-26H,2-6,15-19H2,1H3,(H,34,37)/t22-,25+,26-/m0/s1. The van der Waals surface area contributed by atoms with Crippen molar-refractivity contribution in [3.63, 3.8) is 0 Å². The summed E-state index contributed by atoms with van der Waals surface area (Å²) in [6.07, 6.45) is 0.847. The van der Waals surface area contributed by atoms with Gasteiger partial charge in [0.05, 0.1) is 5.56 Å². The smallest absolute Gasteiger partial charge is 0.340 e. The van der Waals surface area contributed by atoms with E-state index in [-0.39, 0.29) is 17.3 Å². The van der Waals surface area contributed by atoms with Crippen LogP contribution >= 0.6 is 0 Å². The van der Waals surface area contributed by atoms with Crippen LogP contribution in [0, 0.1) is 11.7 Å². The zero-order valence-corrected chi connectivity index (χ0v) is 21.6. The van der Waals surface area contributed by atoms with Gasteiger partial charge in [-0.25, -0.2) is 4.39 Å². The summed E-state index contributed by atoms with van der Waals surface area (Å²) in [4.78, 5) is 30.0. The van der Waals surface area contributed by atoms with Gasteiger partial charge < -0.3 is 15.1 Å². The molecule has 1 aliphatic heterocycles. The quantitative estimate of drug-likeness (QED) is 0.326. The molecule has 38 heavy (non-hydrogen) atoms.